The SMILES string of the molecule is CC/C=C(\CCN1CCOCC1)NCCCCCCCCSc1cccc(C=O)c1CN(C)C1CCC(=O)NC1=O. The highest BCUT2D eigenvalue weighted by Gasteiger charge is 2.30. The molecule has 1 aromatic carbocycles. The summed E-state index contributed by atoms with van der Waals surface area (Å²) in [5.41, 5.74) is 3.02. The number of nitrogens with one attached hydrogen (secondary N) is 2. The predicted octanol–water partition coefficient (Wildman–Crippen LogP) is 4.77. The average Bonchev–Trinajstić information content (AvgIpc) is 2.97. The first-order valence-electron chi connectivity index (χ1n) is 15.5. The lowest BCUT2D eigenvalue weighted by atomic mass is 10.0. The maximum absolute atomic E-state index is 12.3. The molecule has 0 aromatic heterocycles. The van der Waals surface area contributed by atoms with Crippen molar-refractivity contribution in [3.05, 3.63) is 41.1 Å². The Morgan fingerprint density at radius 1 is 1.15 bits per heavy atom. The summed E-state index contributed by atoms with van der Waals surface area (Å²) >= 11 is 1.79. The van der Waals surface area contributed by atoms with Crippen LogP contribution in [0.15, 0.2) is 34.9 Å². The lowest BCUT2D eigenvalue weighted by molar-refractivity contribution is -0.137. The summed E-state index contributed by atoms with van der Waals surface area (Å²) in [5, 5.41) is 6.11. The van der Waals surface area contributed by atoms with Gasteiger partial charge in [0.05, 0.1) is 19.3 Å². The molecule has 2 N–H and O–H groups in total. The fourth-order valence-electron chi connectivity index (χ4n) is 5.44. The third-order valence-electron chi connectivity index (χ3n) is 7.88. The number of ether oxygens (including phenoxy) is 1. The molecule has 8 nitrogen and oxygen atoms in total. The van der Waals surface area contributed by atoms with E-state index in [0.717, 1.165) is 81.2 Å². The van der Waals surface area contributed by atoms with Crippen LogP contribution in [0.4, 0.5) is 0 Å². The molecule has 2 aliphatic heterocycles. The van der Waals surface area contributed by atoms with E-state index in [9.17, 15) is 14.4 Å². The molecule has 0 saturated carbocycles. The minimum Gasteiger partial charge on any atom is -0.389 e. The van der Waals surface area contributed by atoms with E-state index in [1.165, 1.54) is 37.8 Å². The molecule has 2 saturated heterocycles. The highest BCUT2D eigenvalue weighted by molar-refractivity contribution is 7.99. The largest absolute Gasteiger partial charge is 0.389 e. The zero-order valence-electron chi connectivity index (χ0n) is 25.1. The molecular formula is C32H50N4O4S. The van der Waals surface area contributed by atoms with Crippen LogP contribution in [-0.2, 0) is 20.9 Å². The van der Waals surface area contributed by atoms with Gasteiger partial charge in [-0.1, -0.05) is 50.8 Å². The predicted molar refractivity (Wildman–Crippen MR) is 166 cm³/mol. The van der Waals surface area contributed by atoms with Crippen LogP contribution >= 0.6 is 11.8 Å². The topological polar surface area (TPSA) is 91.0 Å². The van der Waals surface area contributed by atoms with E-state index < -0.39 is 0 Å². The van der Waals surface area contributed by atoms with Crippen molar-refractivity contribution in [1.82, 2.24) is 20.4 Å². The fraction of sp³-hybridized carbons (Fsp3) is 0.656. The highest BCUT2D eigenvalue weighted by atomic mass is 32.2. The van der Waals surface area contributed by atoms with Crippen LogP contribution in [0.25, 0.3) is 0 Å². The van der Waals surface area contributed by atoms with Crippen LogP contribution in [0.1, 0.15) is 87.1 Å². The van der Waals surface area contributed by atoms with E-state index in [1.54, 1.807) is 11.8 Å². The van der Waals surface area contributed by atoms with Gasteiger partial charge in [0, 0.05) is 55.3 Å². The number of hydrogen-bond donors (Lipinski definition) is 2. The maximum Gasteiger partial charge on any atom is 0.243 e. The summed E-state index contributed by atoms with van der Waals surface area (Å²) in [4.78, 5) is 41.1. The fourth-order valence-corrected chi connectivity index (χ4v) is 6.54. The number of rotatable bonds is 19. The van der Waals surface area contributed by atoms with Gasteiger partial charge in [-0.2, -0.15) is 0 Å². The Bertz CT molecular complexity index is 996. The molecule has 2 aliphatic rings. The number of carbonyl (C=O) groups is 3. The molecule has 1 atom stereocenters. The first-order valence-corrected chi connectivity index (χ1v) is 16.5. The van der Waals surface area contributed by atoms with Gasteiger partial charge < -0.3 is 10.1 Å². The molecule has 41 heavy (non-hydrogen) atoms. The Morgan fingerprint density at radius 3 is 2.63 bits per heavy atom. The minimum atomic E-state index is -0.357. The Labute approximate surface area is 251 Å². The zero-order chi connectivity index (χ0) is 29.3. The zero-order valence-corrected chi connectivity index (χ0v) is 25.9. The van der Waals surface area contributed by atoms with Gasteiger partial charge in [0.1, 0.15) is 6.29 Å². The summed E-state index contributed by atoms with van der Waals surface area (Å²) in [6, 6.07) is 5.48. The smallest absolute Gasteiger partial charge is 0.243 e. The quantitative estimate of drug-likeness (QED) is 0.104. The third-order valence-corrected chi connectivity index (χ3v) is 9.06. The van der Waals surface area contributed by atoms with Crippen molar-refractivity contribution in [1.29, 1.82) is 0 Å². The van der Waals surface area contributed by atoms with Gasteiger partial charge >= 0.3 is 0 Å². The number of thioether (sulfide) groups is 1. The molecule has 9 heteroatoms. The maximum atomic E-state index is 12.3. The second kappa shape index (κ2) is 19.1. The van der Waals surface area contributed by atoms with Crippen molar-refractivity contribution in [2.75, 3.05) is 52.2 Å². The lowest BCUT2D eigenvalue weighted by Gasteiger charge is -2.30. The Morgan fingerprint density at radius 2 is 1.90 bits per heavy atom. The number of piperidine rings is 1. The van der Waals surface area contributed by atoms with Gasteiger partial charge in [0.15, 0.2) is 0 Å². The van der Waals surface area contributed by atoms with E-state index in [-0.39, 0.29) is 17.9 Å². The van der Waals surface area contributed by atoms with Gasteiger partial charge in [0.25, 0.3) is 0 Å². The van der Waals surface area contributed by atoms with E-state index in [0.29, 0.717) is 24.9 Å². The van der Waals surface area contributed by atoms with E-state index in [1.807, 2.05) is 24.1 Å². The van der Waals surface area contributed by atoms with E-state index in [4.69, 9.17) is 4.74 Å². The van der Waals surface area contributed by atoms with Crippen LogP contribution in [0, 0.1) is 0 Å². The van der Waals surface area contributed by atoms with Crippen molar-refractivity contribution in [3.63, 3.8) is 0 Å². The number of unbranched alkanes of at least 4 members (excludes halogenated alkanes) is 5. The van der Waals surface area contributed by atoms with Crippen LogP contribution in [0.3, 0.4) is 0 Å². The molecule has 228 valence electrons. The number of allylic oxidation sites excluding steroid dienone is 1. The molecule has 0 spiro atoms. The Balaban J connectivity index is 1.30. The number of imide groups is 1. The van der Waals surface area contributed by atoms with Crippen LogP contribution in [0.2, 0.25) is 0 Å². The van der Waals surface area contributed by atoms with Gasteiger partial charge in [0.2, 0.25) is 11.8 Å². The molecule has 2 heterocycles. The average molecular weight is 587 g/mol. The number of morpholine rings is 1. The number of hydrogen-bond acceptors (Lipinski definition) is 8. The van der Waals surface area contributed by atoms with Gasteiger partial charge in [-0.3, -0.25) is 29.5 Å². The first-order chi connectivity index (χ1) is 20.0. The molecule has 1 unspecified atom stereocenters. The van der Waals surface area contributed by atoms with Crippen molar-refractivity contribution >= 4 is 29.9 Å². The standard InChI is InChI=1S/C32H50N4O4S/c1-3-11-27(16-18-36-19-21-40-22-20-36)33-17-8-6-4-5-7-9-23-41-30-13-10-12-26(25-37)28(30)24-35(2)29-14-15-31(38)34-32(29)39/h10-13,25,29,33H,3-9,14-24H2,1-2H3,(H,34,38,39)/b27-11+. The van der Waals surface area contributed by atoms with Crippen molar-refractivity contribution < 1.29 is 19.1 Å². The minimum absolute atomic E-state index is 0.214. The van der Waals surface area contributed by atoms with Crippen molar-refractivity contribution in [2.24, 2.45) is 0 Å². The summed E-state index contributed by atoms with van der Waals surface area (Å²) in [6.07, 6.45) is 13.6. The second-order valence-electron chi connectivity index (χ2n) is 11.1. The Hall–Kier alpha value is -2.20. The molecule has 0 radical (unpaired) electrons. The van der Waals surface area contributed by atoms with E-state index >= 15 is 0 Å². The van der Waals surface area contributed by atoms with Gasteiger partial charge in [-0.25, -0.2) is 0 Å². The number of carbonyl (C=O) groups excluding carboxylic acids is 3. The van der Waals surface area contributed by atoms with Crippen molar-refractivity contribution in [2.45, 2.75) is 88.6 Å². The third kappa shape index (κ3) is 11.9. The molecule has 1 aromatic rings. The summed E-state index contributed by atoms with van der Waals surface area (Å²) < 4.78 is 5.45. The normalized spacial score (nSPS) is 18.5. The summed E-state index contributed by atoms with van der Waals surface area (Å²) in [6.45, 7) is 8.67. The van der Waals surface area contributed by atoms with Crippen LogP contribution in [0.5, 0.6) is 0 Å². The molecule has 2 amide bonds. The number of likely N-dealkylation sites (N-methyl/N-ethyl adjacent to an activating group) is 1. The van der Waals surface area contributed by atoms with Crippen molar-refractivity contribution in [3.8, 4) is 0 Å². The summed E-state index contributed by atoms with van der Waals surface area (Å²) in [7, 11) is 1.89. The highest BCUT2D eigenvalue weighted by Crippen LogP contribution is 2.28. The van der Waals surface area contributed by atoms with Crippen LogP contribution in [-0.4, -0.2) is 86.1 Å². The number of benzene rings is 1. The number of aldehydes is 1. The van der Waals surface area contributed by atoms with E-state index in [2.05, 4.69) is 34.6 Å². The Kier molecular flexibility index (Phi) is 15.5. The lowest BCUT2D eigenvalue weighted by Crippen LogP contribution is -2.51. The summed E-state index contributed by atoms with van der Waals surface area (Å²) in [5.74, 6) is 0.543. The number of nitrogens with zero attached hydrogens (tertiary/aromatic N) is 2. The number of amides is 2. The second-order valence-corrected chi connectivity index (χ2v) is 12.2. The molecule has 2 fully saturated rings. The molecule has 3 rings (SSSR count). The first kappa shape index (κ1) is 33.3. The molecular weight excluding hydrogens is 536 g/mol. The van der Waals surface area contributed by atoms with Gasteiger partial charge in [-0.15, -0.1) is 11.8 Å². The molecule has 0 aliphatic carbocycles. The van der Waals surface area contributed by atoms with Crippen LogP contribution < -0.4 is 10.6 Å². The molecule has 0 bridgehead atoms. The van der Waals surface area contributed by atoms with Gasteiger partial charge in [-0.05, 0) is 56.5 Å². The monoisotopic (exact) mass is 586 g/mol.